The Morgan fingerprint density at radius 2 is 2.17 bits per heavy atom. The number of pyridine rings is 1. The number of halogens is 5. The lowest BCUT2D eigenvalue weighted by atomic mass is 10.2. The monoisotopic (exact) mass is 395 g/mol. The minimum atomic E-state index is -4.90. The van der Waals surface area contributed by atoms with Gasteiger partial charge in [0.25, 0.3) is 0 Å². The molecule has 0 spiro atoms. The Morgan fingerprint density at radius 1 is 1.56 bits per heavy atom. The van der Waals surface area contributed by atoms with Crippen molar-refractivity contribution in [2.24, 2.45) is 0 Å². The number of alkyl halides is 4. The number of aromatic nitrogens is 1. The van der Waals surface area contributed by atoms with E-state index in [1.807, 2.05) is 0 Å². The standard InChI is InChI=1S/C9H6ClF3INO3/c10-2-5-7(14)8(18-9(11,12)13)4(3-15-5)1-6(16)17/h3H,1-2H2,(H,16,17). The van der Waals surface area contributed by atoms with E-state index >= 15 is 0 Å². The van der Waals surface area contributed by atoms with E-state index in [0.29, 0.717) is 0 Å². The third-order valence-corrected chi connectivity index (χ3v) is 3.17. The van der Waals surface area contributed by atoms with Crippen molar-refractivity contribution < 1.29 is 27.8 Å². The van der Waals surface area contributed by atoms with Crippen molar-refractivity contribution in [2.75, 3.05) is 0 Å². The summed E-state index contributed by atoms with van der Waals surface area (Å²) in [7, 11) is 0. The maximum Gasteiger partial charge on any atom is 0.573 e. The summed E-state index contributed by atoms with van der Waals surface area (Å²) >= 11 is 7.10. The van der Waals surface area contributed by atoms with Crippen LogP contribution in [0.5, 0.6) is 5.75 Å². The van der Waals surface area contributed by atoms with E-state index < -0.39 is 24.5 Å². The van der Waals surface area contributed by atoms with Gasteiger partial charge in [-0.15, -0.1) is 24.8 Å². The van der Waals surface area contributed by atoms with Crippen molar-refractivity contribution in [3.05, 3.63) is 21.0 Å². The quantitative estimate of drug-likeness (QED) is 0.629. The first-order chi connectivity index (χ1) is 8.24. The fourth-order valence-corrected chi connectivity index (χ4v) is 2.37. The zero-order valence-electron chi connectivity index (χ0n) is 8.59. The van der Waals surface area contributed by atoms with Crippen molar-refractivity contribution in [2.45, 2.75) is 18.7 Å². The summed E-state index contributed by atoms with van der Waals surface area (Å²) in [6.07, 6.45) is -4.50. The summed E-state index contributed by atoms with van der Waals surface area (Å²) in [5.41, 5.74) is 0.0451. The molecule has 0 atom stereocenters. The second-order valence-corrected chi connectivity index (χ2v) is 4.47. The number of ether oxygens (including phenoxy) is 1. The van der Waals surface area contributed by atoms with Crippen LogP contribution in [0.15, 0.2) is 6.20 Å². The molecule has 1 aromatic rings. The number of carbonyl (C=O) groups is 1. The highest BCUT2D eigenvalue weighted by Gasteiger charge is 2.34. The molecule has 0 radical (unpaired) electrons. The van der Waals surface area contributed by atoms with Crippen molar-refractivity contribution in [1.29, 1.82) is 0 Å². The van der Waals surface area contributed by atoms with Crippen LogP contribution in [0.2, 0.25) is 0 Å². The molecule has 1 heterocycles. The summed E-state index contributed by atoms with van der Waals surface area (Å²) in [6, 6.07) is 0. The third-order valence-electron chi connectivity index (χ3n) is 1.81. The Bertz CT molecular complexity index is 467. The Hall–Kier alpha value is -0.770. The topological polar surface area (TPSA) is 59.4 Å². The summed E-state index contributed by atoms with van der Waals surface area (Å²) in [5, 5.41) is 8.61. The molecule has 9 heteroatoms. The molecular weight excluding hydrogens is 389 g/mol. The van der Waals surface area contributed by atoms with E-state index in [4.69, 9.17) is 16.7 Å². The molecule has 18 heavy (non-hydrogen) atoms. The molecule has 0 aliphatic carbocycles. The largest absolute Gasteiger partial charge is 0.573 e. The van der Waals surface area contributed by atoms with Gasteiger partial charge in [0.05, 0.1) is 21.6 Å². The molecule has 0 amide bonds. The number of nitrogens with zero attached hydrogens (tertiary/aromatic N) is 1. The summed E-state index contributed by atoms with van der Waals surface area (Å²) in [4.78, 5) is 14.3. The van der Waals surface area contributed by atoms with Gasteiger partial charge in [-0.1, -0.05) is 0 Å². The Kier molecular flexibility index (Phi) is 5.02. The van der Waals surface area contributed by atoms with Crippen LogP contribution in [0.25, 0.3) is 0 Å². The van der Waals surface area contributed by atoms with Gasteiger partial charge in [0.1, 0.15) is 5.75 Å². The van der Waals surface area contributed by atoms with Crippen LogP contribution in [-0.2, 0) is 17.1 Å². The van der Waals surface area contributed by atoms with Crippen LogP contribution < -0.4 is 4.74 Å². The fraction of sp³-hybridized carbons (Fsp3) is 0.333. The van der Waals surface area contributed by atoms with E-state index in [1.54, 1.807) is 22.6 Å². The van der Waals surface area contributed by atoms with Gasteiger partial charge in [-0.3, -0.25) is 9.78 Å². The van der Waals surface area contributed by atoms with Crippen LogP contribution in [0.4, 0.5) is 13.2 Å². The maximum atomic E-state index is 12.2. The van der Waals surface area contributed by atoms with E-state index in [9.17, 15) is 18.0 Å². The van der Waals surface area contributed by atoms with Gasteiger partial charge in [0.2, 0.25) is 0 Å². The Morgan fingerprint density at radius 3 is 2.61 bits per heavy atom. The highest BCUT2D eigenvalue weighted by atomic mass is 127. The summed E-state index contributed by atoms with van der Waals surface area (Å²) in [5.74, 6) is -1.94. The van der Waals surface area contributed by atoms with Crippen molar-refractivity contribution >= 4 is 40.2 Å². The molecule has 0 aliphatic rings. The van der Waals surface area contributed by atoms with Crippen LogP contribution in [0.3, 0.4) is 0 Å². The van der Waals surface area contributed by atoms with Gasteiger partial charge in [-0.25, -0.2) is 0 Å². The lowest BCUT2D eigenvalue weighted by molar-refractivity contribution is -0.275. The predicted octanol–water partition coefficient (Wildman–Crippen LogP) is 2.95. The van der Waals surface area contributed by atoms with Crippen LogP contribution >= 0.6 is 34.2 Å². The molecule has 0 aliphatic heterocycles. The van der Waals surface area contributed by atoms with E-state index in [-0.39, 0.29) is 20.7 Å². The van der Waals surface area contributed by atoms with Crippen molar-refractivity contribution in [1.82, 2.24) is 4.98 Å². The van der Waals surface area contributed by atoms with Crippen LogP contribution in [-0.4, -0.2) is 22.4 Å². The van der Waals surface area contributed by atoms with Gasteiger partial charge in [0, 0.05) is 11.8 Å². The highest BCUT2D eigenvalue weighted by Crippen LogP contribution is 2.33. The molecule has 0 fully saturated rings. The van der Waals surface area contributed by atoms with E-state index in [1.165, 1.54) is 0 Å². The molecule has 1 N–H and O–H groups in total. The smallest absolute Gasteiger partial charge is 0.481 e. The average molecular weight is 396 g/mol. The maximum absolute atomic E-state index is 12.2. The normalized spacial score (nSPS) is 11.4. The molecule has 0 bridgehead atoms. The molecule has 1 rings (SSSR count). The van der Waals surface area contributed by atoms with Crippen molar-refractivity contribution in [3.63, 3.8) is 0 Å². The fourth-order valence-electron chi connectivity index (χ4n) is 1.15. The highest BCUT2D eigenvalue weighted by molar-refractivity contribution is 14.1. The lowest BCUT2D eigenvalue weighted by Crippen LogP contribution is -2.20. The first kappa shape index (κ1) is 15.3. The van der Waals surface area contributed by atoms with Crippen LogP contribution in [0, 0.1) is 3.57 Å². The summed E-state index contributed by atoms with van der Waals surface area (Å²) in [6.45, 7) is 0. The van der Waals surface area contributed by atoms with E-state index in [0.717, 1.165) is 6.20 Å². The van der Waals surface area contributed by atoms with Crippen LogP contribution in [0.1, 0.15) is 11.3 Å². The first-order valence-corrected chi connectivity index (χ1v) is 6.05. The number of carboxylic acids is 1. The molecule has 0 unspecified atom stereocenters. The second kappa shape index (κ2) is 5.91. The molecular formula is C9H6ClF3INO3. The zero-order valence-corrected chi connectivity index (χ0v) is 11.5. The van der Waals surface area contributed by atoms with Gasteiger partial charge in [-0.2, -0.15) is 0 Å². The van der Waals surface area contributed by atoms with Gasteiger partial charge in [0.15, 0.2) is 0 Å². The predicted molar refractivity (Wildman–Crippen MR) is 64.5 cm³/mol. The van der Waals surface area contributed by atoms with E-state index in [2.05, 4.69) is 9.72 Å². The average Bonchev–Trinajstić information content (AvgIpc) is 2.21. The molecule has 4 nitrogen and oxygen atoms in total. The number of hydrogen-bond acceptors (Lipinski definition) is 3. The number of hydrogen-bond donors (Lipinski definition) is 1. The second-order valence-electron chi connectivity index (χ2n) is 3.13. The molecule has 0 aromatic carbocycles. The zero-order chi connectivity index (χ0) is 13.9. The molecule has 0 saturated carbocycles. The van der Waals surface area contributed by atoms with Gasteiger partial charge >= 0.3 is 12.3 Å². The molecule has 0 saturated heterocycles. The minimum Gasteiger partial charge on any atom is -0.481 e. The first-order valence-electron chi connectivity index (χ1n) is 4.44. The number of carboxylic acid groups (broad SMARTS) is 1. The lowest BCUT2D eigenvalue weighted by Gasteiger charge is -2.15. The minimum absolute atomic E-state index is 0.0543. The third kappa shape index (κ3) is 4.16. The molecule has 100 valence electrons. The van der Waals surface area contributed by atoms with Gasteiger partial charge in [-0.05, 0) is 22.6 Å². The Balaban J connectivity index is 3.26. The number of aliphatic carboxylic acids is 1. The van der Waals surface area contributed by atoms with Crippen molar-refractivity contribution in [3.8, 4) is 5.75 Å². The van der Waals surface area contributed by atoms with Gasteiger partial charge < -0.3 is 9.84 Å². The Labute approximate surface area is 118 Å². The SMILES string of the molecule is O=C(O)Cc1cnc(CCl)c(I)c1OC(F)(F)F. The number of rotatable bonds is 4. The molecule has 1 aromatic heterocycles. The summed E-state index contributed by atoms with van der Waals surface area (Å²) < 4.78 is 40.6.